The fraction of sp³-hybridized carbons (Fsp3) is 0.417. The Bertz CT molecular complexity index is 365. The molecule has 1 atom stereocenters. The molecule has 0 fully saturated rings. The van der Waals surface area contributed by atoms with Crippen molar-refractivity contribution in [1.29, 1.82) is 0 Å². The molecular formula is C12H15N. The molecule has 2 rings (SSSR count). The predicted molar refractivity (Wildman–Crippen MR) is 56.9 cm³/mol. The Balaban J connectivity index is 2.61. The highest BCUT2D eigenvalue weighted by Crippen LogP contribution is 2.41. The molecule has 0 N–H and O–H groups in total. The van der Waals surface area contributed by atoms with Crippen molar-refractivity contribution in [2.75, 3.05) is 0 Å². The SMILES string of the molecule is CC[C@]1(C)C(C)=Nc2ccccc21. The summed E-state index contributed by atoms with van der Waals surface area (Å²) in [6, 6.07) is 8.44. The average molecular weight is 173 g/mol. The van der Waals surface area contributed by atoms with Gasteiger partial charge in [0.1, 0.15) is 0 Å². The molecule has 0 unspecified atom stereocenters. The van der Waals surface area contributed by atoms with Crippen molar-refractivity contribution in [3.8, 4) is 0 Å². The minimum absolute atomic E-state index is 0.177. The second-order valence-electron chi connectivity index (χ2n) is 3.90. The molecule has 1 nitrogen and oxygen atoms in total. The van der Waals surface area contributed by atoms with Crippen LogP contribution in [0.25, 0.3) is 0 Å². The average Bonchev–Trinajstić information content (AvgIpc) is 2.41. The normalized spacial score (nSPS) is 25.6. The van der Waals surface area contributed by atoms with Crippen molar-refractivity contribution in [1.82, 2.24) is 0 Å². The Labute approximate surface area is 79.5 Å². The number of hydrogen-bond donors (Lipinski definition) is 0. The van der Waals surface area contributed by atoms with Gasteiger partial charge in [-0.3, -0.25) is 4.99 Å². The molecule has 68 valence electrons. The van der Waals surface area contributed by atoms with E-state index < -0.39 is 0 Å². The highest BCUT2D eigenvalue weighted by Gasteiger charge is 2.34. The van der Waals surface area contributed by atoms with E-state index in [-0.39, 0.29) is 5.41 Å². The second-order valence-corrected chi connectivity index (χ2v) is 3.90. The Kier molecular flexibility index (Phi) is 1.76. The van der Waals surface area contributed by atoms with Crippen molar-refractivity contribution in [2.24, 2.45) is 4.99 Å². The zero-order valence-electron chi connectivity index (χ0n) is 8.46. The quantitative estimate of drug-likeness (QED) is 0.616. The van der Waals surface area contributed by atoms with Crippen molar-refractivity contribution in [3.05, 3.63) is 29.8 Å². The molecule has 0 spiro atoms. The fourth-order valence-electron chi connectivity index (χ4n) is 1.98. The van der Waals surface area contributed by atoms with Crippen LogP contribution < -0.4 is 0 Å². The topological polar surface area (TPSA) is 12.4 Å². The summed E-state index contributed by atoms with van der Waals surface area (Å²) in [5.41, 5.74) is 3.96. The number of fused-ring (bicyclic) bond motifs is 1. The van der Waals surface area contributed by atoms with Crippen LogP contribution in [0.3, 0.4) is 0 Å². The molecule has 0 bridgehead atoms. The molecular weight excluding hydrogens is 158 g/mol. The highest BCUT2D eigenvalue weighted by atomic mass is 14.8. The summed E-state index contributed by atoms with van der Waals surface area (Å²) >= 11 is 0. The van der Waals surface area contributed by atoms with Gasteiger partial charge in [0.05, 0.1) is 5.69 Å². The van der Waals surface area contributed by atoms with Crippen molar-refractivity contribution < 1.29 is 0 Å². The third-order valence-electron chi connectivity index (χ3n) is 3.29. The van der Waals surface area contributed by atoms with E-state index in [9.17, 15) is 0 Å². The van der Waals surface area contributed by atoms with Crippen molar-refractivity contribution in [2.45, 2.75) is 32.6 Å². The first-order valence-electron chi connectivity index (χ1n) is 4.84. The van der Waals surface area contributed by atoms with Gasteiger partial charge >= 0.3 is 0 Å². The van der Waals surface area contributed by atoms with Crippen molar-refractivity contribution in [3.63, 3.8) is 0 Å². The summed E-state index contributed by atoms with van der Waals surface area (Å²) in [6.07, 6.45) is 1.12. The van der Waals surface area contributed by atoms with Crippen LogP contribution >= 0.6 is 0 Å². The number of para-hydroxylation sites is 1. The van der Waals surface area contributed by atoms with Gasteiger partial charge in [0, 0.05) is 11.1 Å². The van der Waals surface area contributed by atoms with E-state index in [1.54, 1.807) is 0 Å². The van der Waals surface area contributed by atoms with Crippen LogP contribution in [0.4, 0.5) is 5.69 Å². The number of hydrogen-bond acceptors (Lipinski definition) is 1. The minimum Gasteiger partial charge on any atom is -0.257 e. The van der Waals surface area contributed by atoms with Gasteiger partial charge in [-0.2, -0.15) is 0 Å². The predicted octanol–water partition coefficient (Wildman–Crippen LogP) is 3.46. The van der Waals surface area contributed by atoms with Crippen LogP contribution in [0.2, 0.25) is 0 Å². The molecule has 0 aliphatic carbocycles. The Hall–Kier alpha value is -1.11. The molecule has 1 heterocycles. The van der Waals surface area contributed by atoms with Gasteiger partial charge in [0.2, 0.25) is 0 Å². The zero-order valence-corrected chi connectivity index (χ0v) is 8.46. The first kappa shape index (κ1) is 8.49. The van der Waals surface area contributed by atoms with Gasteiger partial charge in [0.15, 0.2) is 0 Å². The van der Waals surface area contributed by atoms with Crippen LogP contribution in [-0.2, 0) is 5.41 Å². The Morgan fingerprint density at radius 3 is 2.69 bits per heavy atom. The van der Waals surface area contributed by atoms with Gasteiger partial charge < -0.3 is 0 Å². The van der Waals surface area contributed by atoms with E-state index in [4.69, 9.17) is 0 Å². The number of rotatable bonds is 1. The molecule has 1 aromatic carbocycles. The van der Waals surface area contributed by atoms with Crippen LogP contribution in [0.5, 0.6) is 0 Å². The van der Waals surface area contributed by atoms with Gasteiger partial charge in [-0.15, -0.1) is 0 Å². The molecule has 1 aliphatic heterocycles. The molecule has 0 aromatic heterocycles. The maximum Gasteiger partial charge on any atom is 0.0670 e. The number of aliphatic imine (C=N–C) groups is 1. The van der Waals surface area contributed by atoms with Crippen molar-refractivity contribution >= 4 is 11.4 Å². The monoisotopic (exact) mass is 173 g/mol. The molecule has 0 saturated heterocycles. The molecule has 1 aliphatic rings. The van der Waals surface area contributed by atoms with Crippen LogP contribution in [-0.4, -0.2) is 5.71 Å². The second kappa shape index (κ2) is 2.69. The van der Waals surface area contributed by atoms with E-state index in [1.807, 2.05) is 0 Å². The van der Waals surface area contributed by atoms with Gasteiger partial charge in [-0.25, -0.2) is 0 Å². The summed E-state index contributed by atoms with van der Waals surface area (Å²) < 4.78 is 0. The van der Waals surface area contributed by atoms with Crippen LogP contribution in [0, 0.1) is 0 Å². The first-order valence-corrected chi connectivity index (χ1v) is 4.84. The van der Waals surface area contributed by atoms with E-state index >= 15 is 0 Å². The van der Waals surface area contributed by atoms with Gasteiger partial charge in [-0.1, -0.05) is 32.0 Å². The lowest BCUT2D eigenvalue weighted by Crippen LogP contribution is -2.26. The third-order valence-corrected chi connectivity index (χ3v) is 3.29. The molecule has 0 radical (unpaired) electrons. The lowest BCUT2D eigenvalue weighted by atomic mass is 9.78. The van der Waals surface area contributed by atoms with E-state index in [2.05, 4.69) is 50.0 Å². The fourth-order valence-corrected chi connectivity index (χ4v) is 1.98. The standard InChI is InChI=1S/C12H15N/c1-4-12(3)9(2)13-11-8-6-5-7-10(11)12/h5-8H,4H2,1-3H3/t12-/m1/s1. The minimum atomic E-state index is 0.177. The maximum atomic E-state index is 4.59. The maximum absolute atomic E-state index is 4.59. The smallest absolute Gasteiger partial charge is 0.0670 e. The van der Waals surface area contributed by atoms with Crippen LogP contribution in [0.15, 0.2) is 29.3 Å². The molecule has 0 amide bonds. The Morgan fingerprint density at radius 2 is 2.00 bits per heavy atom. The lowest BCUT2D eigenvalue weighted by Gasteiger charge is -2.23. The van der Waals surface area contributed by atoms with E-state index in [1.165, 1.54) is 11.3 Å². The molecule has 1 aromatic rings. The number of nitrogens with zero attached hydrogens (tertiary/aromatic N) is 1. The summed E-state index contributed by atoms with van der Waals surface area (Å²) in [6.45, 7) is 6.63. The molecule has 1 heteroatoms. The summed E-state index contributed by atoms with van der Waals surface area (Å²) in [4.78, 5) is 4.59. The molecule has 13 heavy (non-hydrogen) atoms. The third kappa shape index (κ3) is 1.03. The van der Waals surface area contributed by atoms with E-state index in [0.29, 0.717) is 0 Å². The number of benzene rings is 1. The zero-order chi connectivity index (χ0) is 9.47. The molecule has 0 saturated carbocycles. The Morgan fingerprint density at radius 1 is 1.31 bits per heavy atom. The lowest BCUT2D eigenvalue weighted by molar-refractivity contribution is 0.624. The summed E-state index contributed by atoms with van der Waals surface area (Å²) in [5.74, 6) is 0. The van der Waals surface area contributed by atoms with E-state index in [0.717, 1.165) is 12.1 Å². The van der Waals surface area contributed by atoms with Crippen LogP contribution in [0.1, 0.15) is 32.8 Å². The summed E-state index contributed by atoms with van der Waals surface area (Å²) in [7, 11) is 0. The highest BCUT2D eigenvalue weighted by molar-refractivity contribution is 5.99. The van der Waals surface area contributed by atoms with Gasteiger partial charge in [-0.05, 0) is 25.0 Å². The first-order chi connectivity index (χ1) is 6.18. The van der Waals surface area contributed by atoms with Gasteiger partial charge in [0.25, 0.3) is 0 Å². The summed E-state index contributed by atoms with van der Waals surface area (Å²) in [5, 5.41) is 0. The largest absolute Gasteiger partial charge is 0.257 e.